The third-order valence-corrected chi connectivity index (χ3v) is 4.09. The fourth-order valence-corrected chi connectivity index (χ4v) is 3.10. The summed E-state index contributed by atoms with van der Waals surface area (Å²) in [6.45, 7) is 6.85. The van der Waals surface area contributed by atoms with Gasteiger partial charge in [0, 0.05) is 13.1 Å². The molecule has 2 fully saturated rings. The molecule has 2 heterocycles. The lowest BCUT2D eigenvalue weighted by Crippen LogP contribution is -2.45. The van der Waals surface area contributed by atoms with Crippen LogP contribution in [0.3, 0.4) is 0 Å². The number of hydrogen-bond donors (Lipinski definition) is 1. The normalized spacial score (nSPS) is 30.1. The first kappa shape index (κ1) is 12.8. The van der Waals surface area contributed by atoms with Gasteiger partial charge in [-0.1, -0.05) is 6.92 Å². The van der Waals surface area contributed by atoms with Crippen LogP contribution in [-0.2, 0) is 4.79 Å². The summed E-state index contributed by atoms with van der Waals surface area (Å²) in [5.41, 5.74) is 5.68. The Kier molecular flexibility index (Phi) is 4.40. The number of carbonyl (C=O) groups is 1. The number of rotatable bonds is 4. The number of carbonyl (C=O) groups excluding carboxylic acids is 1. The molecule has 2 atom stereocenters. The van der Waals surface area contributed by atoms with Gasteiger partial charge in [-0.2, -0.15) is 0 Å². The lowest BCUT2D eigenvalue weighted by molar-refractivity contribution is -0.135. The van der Waals surface area contributed by atoms with E-state index in [0.29, 0.717) is 18.4 Å². The molecule has 0 aromatic rings. The molecule has 2 saturated heterocycles. The first-order valence-corrected chi connectivity index (χ1v) is 6.99. The molecule has 2 rings (SSSR count). The van der Waals surface area contributed by atoms with E-state index in [1.54, 1.807) is 0 Å². The molecule has 17 heavy (non-hydrogen) atoms. The first-order chi connectivity index (χ1) is 8.26. The summed E-state index contributed by atoms with van der Waals surface area (Å²) in [6, 6.07) is 0.159. The van der Waals surface area contributed by atoms with Crippen molar-refractivity contribution in [1.29, 1.82) is 0 Å². The highest BCUT2D eigenvalue weighted by molar-refractivity contribution is 5.82. The Morgan fingerprint density at radius 3 is 2.82 bits per heavy atom. The van der Waals surface area contributed by atoms with Crippen LogP contribution in [0.1, 0.15) is 32.6 Å². The molecule has 0 unspecified atom stereocenters. The van der Waals surface area contributed by atoms with Crippen molar-refractivity contribution in [2.45, 2.75) is 38.6 Å². The Morgan fingerprint density at radius 1 is 1.35 bits per heavy atom. The van der Waals surface area contributed by atoms with Crippen molar-refractivity contribution >= 4 is 5.91 Å². The van der Waals surface area contributed by atoms with Gasteiger partial charge in [-0.3, -0.25) is 9.69 Å². The summed E-state index contributed by atoms with van der Waals surface area (Å²) in [7, 11) is 0. The summed E-state index contributed by atoms with van der Waals surface area (Å²) in [6.07, 6.45) is 4.44. The molecule has 2 aliphatic heterocycles. The van der Waals surface area contributed by atoms with Crippen molar-refractivity contribution in [2.24, 2.45) is 11.7 Å². The minimum Gasteiger partial charge on any atom is -0.341 e. The van der Waals surface area contributed by atoms with Gasteiger partial charge in [-0.25, -0.2) is 0 Å². The van der Waals surface area contributed by atoms with Crippen molar-refractivity contribution in [3.8, 4) is 0 Å². The minimum atomic E-state index is 0.159. The van der Waals surface area contributed by atoms with Gasteiger partial charge >= 0.3 is 0 Å². The second kappa shape index (κ2) is 5.83. The molecule has 0 saturated carbocycles. The monoisotopic (exact) mass is 239 g/mol. The minimum absolute atomic E-state index is 0.159. The second-order valence-electron chi connectivity index (χ2n) is 5.37. The smallest absolute Gasteiger partial charge is 0.239 e. The molecule has 0 spiro atoms. The van der Waals surface area contributed by atoms with E-state index in [1.807, 2.05) is 4.90 Å². The fourth-order valence-electron chi connectivity index (χ4n) is 3.10. The van der Waals surface area contributed by atoms with E-state index in [0.717, 1.165) is 45.4 Å². The average molecular weight is 239 g/mol. The Bertz CT molecular complexity index is 269. The van der Waals surface area contributed by atoms with Crippen LogP contribution >= 0.6 is 0 Å². The van der Waals surface area contributed by atoms with Crippen LogP contribution in [0.5, 0.6) is 0 Å². The van der Waals surface area contributed by atoms with Gasteiger partial charge in [0.05, 0.1) is 6.04 Å². The van der Waals surface area contributed by atoms with Crippen LogP contribution in [0.4, 0.5) is 0 Å². The first-order valence-electron chi connectivity index (χ1n) is 6.99. The van der Waals surface area contributed by atoms with E-state index in [4.69, 9.17) is 5.73 Å². The Balaban J connectivity index is 1.91. The number of nitrogens with two attached hydrogens (primary N) is 1. The van der Waals surface area contributed by atoms with Crippen LogP contribution < -0.4 is 5.73 Å². The van der Waals surface area contributed by atoms with Crippen molar-refractivity contribution < 1.29 is 4.79 Å². The van der Waals surface area contributed by atoms with Gasteiger partial charge in [-0.15, -0.1) is 0 Å². The standard InChI is InChI=1S/C13H25N3O/c1-2-6-15-7-3-4-12(15)13(17)16-8-5-11(9-14)10-16/h11-12H,2-10,14H2,1H3/t11-,12-/m1/s1. The number of amides is 1. The van der Waals surface area contributed by atoms with Gasteiger partial charge in [0.15, 0.2) is 0 Å². The molecule has 2 aliphatic rings. The predicted octanol–water partition coefficient (Wildman–Crippen LogP) is 0.668. The quantitative estimate of drug-likeness (QED) is 0.784. The maximum atomic E-state index is 12.4. The Morgan fingerprint density at radius 2 is 2.18 bits per heavy atom. The Labute approximate surface area is 104 Å². The molecule has 0 aliphatic carbocycles. The molecular weight excluding hydrogens is 214 g/mol. The van der Waals surface area contributed by atoms with Gasteiger partial charge in [0.1, 0.15) is 0 Å². The van der Waals surface area contributed by atoms with Crippen molar-refractivity contribution in [2.75, 3.05) is 32.7 Å². The van der Waals surface area contributed by atoms with Crippen LogP contribution in [0, 0.1) is 5.92 Å². The number of hydrogen-bond acceptors (Lipinski definition) is 3. The topological polar surface area (TPSA) is 49.6 Å². The SMILES string of the molecule is CCCN1CCC[C@@H]1C(=O)N1CC[C@H](CN)C1. The fraction of sp³-hybridized carbons (Fsp3) is 0.923. The summed E-state index contributed by atoms with van der Waals surface area (Å²) in [4.78, 5) is 16.8. The zero-order valence-corrected chi connectivity index (χ0v) is 10.9. The van der Waals surface area contributed by atoms with E-state index < -0.39 is 0 Å². The van der Waals surface area contributed by atoms with Crippen molar-refractivity contribution in [3.63, 3.8) is 0 Å². The molecule has 0 aromatic heterocycles. The molecule has 2 N–H and O–H groups in total. The van der Waals surface area contributed by atoms with Crippen molar-refractivity contribution in [1.82, 2.24) is 9.80 Å². The maximum absolute atomic E-state index is 12.4. The van der Waals surface area contributed by atoms with Gasteiger partial charge in [-0.05, 0) is 51.2 Å². The predicted molar refractivity (Wildman–Crippen MR) is 68.6 cm³/mol. The van der Waals surface area contributed by atoms with Crippen LogP contribution in [0.15, 0.2) is 0 Å². The average Bonchev–Trinajstić information content (AvgIpc) is 2.97. The van der Waals surface area contributed by atoms with Gasteiger partial charge in [0.25, 0.3) is 0 Å². The third kappa shape index (κ3) is 2.80. The van der Waals surface area contributed by atoms with E-state index in [-0.39, 0.29) is 6.04 Å². The highest BCUT2D eigenvalue weighted by Gasteiger charge is 2.35. The molecule has 4 nitrogen and oxygen atoms in total. The lowest BCUT2D eigenvalue weighted by Gasteiger charge is -2.27. The largest absolute Gasteiger partial charge is 0.341 e. The summed E-state index contributed by atoms with van der Waals surface area (Å²) in [5.74, 6) is 0.881. The van der Waals surface area contributed by atoms with E-state index in [1.165, 1.54) is 6.42 Å². The summed E-state index contributed by atoms with van der Waals surface area (Å²) in [5, 5.41) is 0. The van der Waals surface area contributed by atoms with Crippen LogP contribution in [0.2, 0.25) is 0 Å². The van der Waals surface area contributed by atoms with Crippen LogP contribution in [-0.4, -0.2) is 54.5 Å². The highest BCUT2D eigenvalue weighted by Crippen LogP contribution is 2.23. The van der Waals surface area contributed by atoms with E-state index in [9.17, 15) is 4.79 Å². The van der Waals surface area contributed by atoms with Crippen molar-refractivity contribution in [3.05, 3.63) is 0 Å². The Hall–Kier alpha value is -0.610. The molecule has 1 amide bonds. The van der Waals surface area contributed by atoms with Gasteiger partial charge < -0.3 is 10.6 Å². The molecule has 0 aromatic carbocycles. The van der Waals surface area contributed by atoms with E-state index >= 15 is 0 Å². The van der Waals surface area contributed by atoms with Crippen LogP contribution in [0.25, 0.3) is 0 Å². The summed E-state index contributed by atoms with van der Waals surface area (Å²) < 4.78 is 0. The van der Waals surface area contributed by atoms with Gasteiger partial charge in [0.2, 0.25) is 5.91 Å². The molecular formula is C13H25N3O. The molecule has 4 heteroatoms. The zero-order valence-electron chi connectivity index (χ0n) is 10.9. The number of likely N-dealkylation sites (tertiary alicyclic amines) is 2. The second-order valence-corrected chi connectivity index (χ2v) is 5.37. The van der Waals surface area contributed by atoms with E-state index in [2.05, 4.69) is 11.8 Å². The maximum Gasteiger partial charge on any atom is 0.239 e. The lowest BCUT2D eigenvalue weighted by atomic mass is 10.1. The number of nitrogens with zero attached hydrogens (tertiary/aromatic N) is 2. The molecule has 98 valence electrons. The molecule has 0 radical (unpaired) electrons. The third-order valence-electron chi connectivity index (χ3n) is 4.09. The highest BCUT2D eigenvalue weighted by atomic mass is 16.2. The molecule has 0 bridgehead atoms. The summed E-state index contributed by atoms with van der Waals surface area (Å²) >= 11 is 0. The zero-order chi connectivity index (χ0) is 12.3.